The number of nitrogens with zero attached hydrogens (tertiary/aromatic N) is 3. The summed E-state index contributed by atoms with van der Waals surface area (Å²) in [4.78, 5) is 9.57. The van der Waals surface area contributed by atoms with Crippen molar-refractivity contribution in [3.63, 3.8) is 0 Å². The van der Waals surface area contributed by atoms with Gasteiger partial charge in [0.2, 0.25) is 0 Å². The SMILES string of the molecule is CCCN=c1c2c(ncn1CCC)-c1ccccc1OCC2. The summed E-state index contributed by atoms with van der Waals surface area (Å²) in [6.45, 7) is 6.82. The molecular weight excluding hydrogens is 274 g/mol. The van der Waals surface area contributed by atoms with Crippen LogP contribution in [0.25, 0.3) is 11.3 Å². The molecule has 0 saturated carbocycles. The molecule has 0 bridgehead atoms. The summed E-state index contributed by atoms with van der Waals surface area (Å²) in [6, 6.07) is 8.14. The first-order chi connectivity index (χ1) is 10.8. The summed E-state index contributed by atoms with van der Waals surface area (Å²) >= 11 is 0. The van der Waals surface area contributed by atoms with Crippen molar-refractivity contribution in [1.29, 1.82) is 0 Å². The molecule has 0 radical (unpaired) electrons. The molecule has 0 spiro atoms. The van der Waals surface area contributed by atoms with E-state index in [1.54, 1.807) is 0 Å². The van der Waals surface area contributed by atoms with E-state index in [-0.39, 0.29) is 0 Å². The Morgan fingerprint density at radius 2 is 2.09 bits per heavy atom. The lowest BCUT2D eigenvalue weighted by Crippen LogP contribution is -2.27. The summed E-state index contributed by atoms with van der Waals surface area (Å²) in [5.41, 5.74) is 4.39. The fourth-order valence-electron chi connectivity index (χ4n) is 2.86. The summed E-state index contributed by atoms with van der Waals surface area (Å²) in [5.74, 6) is 0.920. The molecule has 1 aliphatic heterocycles. The molecule has 0 amide bonds. The number of fused-ring (bicyclic) bond motifs is 3. The molecule has 0 aliphatic carbocycles. The molecule has 1 aromatic heterocycles. The Balaban J connectivity index is 2.22. The van der Waals surface area contributed by atoms with Crippen LogP contribution in [0.5, 0.6) is 5.75 Å². The highest BCUT2D eigenvalue weighted by Gasteiger charge is 2.18. The average Bonchev–Trinajstić information content (AvgIpc) is 2.73. The highest BCUT2D eigenvalue weighted by Crippen LogP contribution is 2.32. The third-order valence-electron chi connectivity index (χ3n) is 3.86. The third-order valence-corrected chi connectivity index (χ3v) is 3.86. The number of aryl methyl sites for hydroxylation is 1. The molecule has 4 heteroatoms. The number of aromatic nitrogens is 2. The van der Waals surface area contributed by atoms with Gasteiger partial charge in [-0.05, 0) is 25.0 Å². The lowest BCUT2D eigenvalue weighted by molar-refractivity contribution is 0.325. The zero-order chi connectivity index (χ0) is 15.4. The van der Waals surface area contributed by atoms with Crippen LogP contribution in [-0.4, -0.2) is 22.7 Å². The topological polar surface area (TPSA) is 39.4 Å². The van der Waals surface area contributed by atoms with Crippen LogP contribution >= 0.6 is 0 Å². The highest BCUT2D eigenvalue weighted by molar-refractivity contribution is 5.70. The van der Waals surface area contributed by atoms with Crippen molar-refractivity contribution in [1.82, 2.24) is 9.55 Å². The van der Waals surface area contributed by atoms with Crippen molar-refractivity contribution in [2.45, 2.75) is 39.7 Å². The minimum Gasteiger partial charge on any atom is -0.493 e. The number of benzene rings is 1. The monoisotopic (exact) mass is 297 g/mol. The molecule has 4 nitrogen and oxygen atoms in total. The Hall–Kier alpha value is -2.10. The molecule has 2 aromatic rings. The van der Waals surface area contributed by atoms with Gasteiger partial charge in [0.05, 0.1) is 18.6 Å². The van der Waals surface area contributed by atoms with Crippen LogP contribution in [0.4, 0.5) is 0 Å². The van der Waals surface area contributed by atoms with Gasteiger partial charge in [-0.3, -0.25) is 4.99 Å². The average molecular weight is 297 g/mol. The van der Waals surface area contributed by atoms with Crippen LogP contribution in [0.15, 0.2) is 35.6 Å². The molecule has 0 fully saturated rings. The van der Waals surface area contributed by atoms with Crippen LogP contribution in [0, 0.1) is 0 Å². The lowest BCUT2D eigenvalue weighted by Gasteiger charge is -2.12. The maximum atomic E-state index is 5.90. The minimum absolute atomic E-state index is 0.677. The molecule has 116 valence electrons. The van der Waals surface area contributed by atoms with Gasteiger partial charge in [0.15, 0.2) is 0 Å². The second kappa shape index (κ2) is 6.77. The van der Waals surface area contributed by atoms with E-state index in [2.05, 4.69) is 24.5 Å². The van der Waals surface area contributed by atoms with E-state index in [0.717, 1.165) is 54.8 Å². The normalized spacial score (nSPS) is 14.0. The molecular formula is C18H23N3O. The van der Waals surface area contributed by atoms with Crippen molar-refractivity contribution in [2.75, 3.05) is 13.2 Å². The predicted octanol–water partition coefficient (Wildman–Crippen LogP) is 3.21. The van der Waals surface area contributed by atoms with Gasteiger partial charge >= 0.3 is 0 Å². The van der Waals surface area contributed by atoms with Gasteiger partial charge in [0, 0.05) is 30.6 Å². The maximum absolute atomic E-state index is 5.90. The van der Waals surface area contributed by atoms with Crippen LogP contribution < -0.4 is 10.2 Å². The number of hydrogen-bond donors (Lipinski definition) is 0. The van der Waals surface area contributed by atoms with Crippen LogP contribution in [0.2, 0.25) is 0 Å². The van der Waals surface area contributed by atoms with E-state index in [0.29, 0.717) is 6.61 Å². The molecule has 0 unspecified atom stereocenters. The second-order valence-electron chi connectivity index (χ2n) is 5.57. The largest absolute Gasteiger partial charge is 0.493 e. The van der Waals surface area contributed by atoms with E-state index in [9.17, 15) is 0 Å². The molecule has 2 heterocycles. The van der Waals surface area contributed by atoms with Gasteiger partial charge < -0.3 is 9.30 Å². The van der Waals surface area contributed by atoms with Gasteiger partial charge in [0.1, 0.15) is 11.2 Å². The molecule has 3 rings (SSSR count). The van der Waals surface area contributed by atoms with Crippen LogP contribution in [-0.2, 0) is 13.0 Å². The number of hydrogen-bond acceptors (Lipinski definition) is 3. The van der Waals surface area contributed by atoms with Crippen molar-refractivity contribution in [2.24, 2.45) is 4.99 Å². The van der Waals surface area contributed by atoms with Gasteiger partial charge in [0.25, 0.3) is 0 Å². The Bertz CT molecular complexity index is 719. The summed E-state index contributed by atoms with van der Waals surface area (Å²) in [6.07, 6.45) is 4.91. The summed E-state index contributed by atoms with van der Waals surface area (Å²) in [5, 5.41) is 0. The standard InChI is InChI=1S/C18H23N3O/c1-3-10-19-18-15-9-12-22-16-8-6-5-7-14(16)17(15)20-13-21(18)11-4-2/h5-8,13H,3-4,9-12H2,1-2H3. The van der Waals surface area contributed by atoms with E-state index < -0.39 is 0 Å². The van der Waals surface area contributed by atoms with Crippen LogP contribution in [0.3, 0.4) is 0 Å². The van der Waals surface area contributed by atoms with Crippen molar-refractivity contribution >= 4 is 0 Å². The minimum atomic E-state index is 0.677. The maximum Gasteiger partial charge on any atom is 0.134 e. The predicted molar refractivity (Wildman–Crippen MR) is 87.9 cm³/mol. The smallest absolute Gasteiger partial charge is 0.134 e. The quantitative estimate of drug-likeness (QED) is 0.869. The first kappa shape index (κ1) is 14.8. The summed E-state index contributed by atoms with van der Waals surface area (Å²) < 4.78 is 8.08. The van der Waals surface area contributed by atoms with E-state index in [4.69, 9.17) is 14.7 Å². The van der Waals surface area contributed by atoms with Gasteiger partial charge in [-0.1, -0.05) is 26.0 Å². The van der Waals surface area contributed by atoms with E-state index >= 15 is 0 Å². The molecule has 0 N–H and O–H groups in total. The highest BCUT2D eigenvalue weighted by atomic mass is 16.5. The number of para-hydroxylation sites is 1. The second-order valence-corrected chi connectivity index (χ2v) is 5.57. The fourth-order valence-corrected chi connectivity index (χ4v) is 2.86. The van der Waals surface area contributed by atoms with E-state index in [1.165, 1.54) is 5.56 Å². The van der Waals surface area contributed by atoms with Gasteiger partial charge in [-0.2, -0.15) is 0 Å². The zero-order valence-corrected chi connectivity index (χ0v) is 13.4. The zero-order valence-electron chi connectivity index (χ0n) is 13.4. The molecule has 1 aliphatic rings. The Morgan fingerprint density at radius 1 is 1.23 bits per heavy atom. The Morgan fingerprint density at radius 3 is 2.91 bits per heavy atom. The summed E-state index contributed by atoms with van der Waals surface area (Å²) in [7, 11) is 0. The fraction of sp³-hybridized carbons (Fsp3) is 0.444. The molecule has 1 aromatic carbocycles. The number of rotatable bonds is 4. The first-order valence-electron chi connectivity index (χ1n) is 8.16. The molecule has 0 atom stereocenters. The van der Waals surface area contributed by atoms with Crippen molar-refractivity contribution in [3.8, 4) is 17.0 Å². The Labute approximate surface area is 131 Å². The van der Waals surface area contributed by atoms with E-state index in [1.807, 2.05) is 24.5 Å². The third kappa shape index (κ3) is 2.78. The van der Waals surface area contributed by atoms with Crippen molar-refractivity contribution in [3.05, 3.63) is 41.6 Å². The van der Waals surface area contributed by atoms with Gasteiger partial charge in [-0.15, -0.1) is 0 Å². The molecule has 0 saturated heterocycles. The van der Waals surface area contributed by atoms with Crippen molar-refractivity contribution < 1.29 is 4.74 Å². The Kier molecular flexibility index (Phi) is 4.56. The molecule has 22 heavy (non-hydrogen) atoms. The van der Waals surface area contributed by atoms with Crippen LogP contribution in [0.1, 0.15) is 32.3 Å². The van der Waals surface area contributed by atoms with Gasteiger partial charge in [-0.25, -0.2) is 4.98 Å². The first-order valence-corrected chi connectivity index (χ1v) is 8.16. The number of ether oxygens (including phenoxy) is 1. The lowest BCUT2D eigenvalue weighted by atomic mass is 10.0.